The summed E-state index contributed by atoms with van der Waals surface area (Å²) < 4.78 is 0. The summed E-state index contributed by atoms with van der Waals surface area (Å²) in [6.07, 6.45) is 0.474. The Kier molecular flexibility index (Phi) is 4.91. The van der Waals surface area contributed by atoms with Crippen LogP contribution < -0.4 is 10.2 Å². The number of hydrogen-bond donors (Lipinski definition) is 2. The first-order valence-electron chi connectivity index (χ1n) is 8.07. The molecule has 1 unspecified atom stereocenters. The fourth-order valence-electron chi connectivity index (χ4n) is 2.89. The van der Waals surface area contributed by atoms with Crippen molar-refractivity contribution in [2.45, 2.75) is 25.4 Å². The summed E-state index contributed by atoms with van der Waals surface area (Å²) >= 11 is 0. The topological polar surface area (TPSA) is 69.6 Å². The van der Waals surface area contributed by atoms with Gasteiger partial charge in [-0.2, -0.15) is 0 Å². The first-order valence-corrected chi connectivity index (χ1v) is 8.07. The summed E-state index contributed by atoms with van der Waals surface area (Å²) in [5.74, 6) is -0.216. The Labute approximate surface area is 140 Å². The van der Waals surface area contributed by atoms with Crippen LogP contribution >= 0.6 is 0 Å². The number of aliphatic hydroxyl groups is 1. The van der Waals surface area contributed by atoms with E-state index in [1.807, 2.05) is 36.4 Å². The first-order chi connectivity index (χ1) is 11.6. The van der Waals surface area contributed by atoms with E-state index in [2.05, 4.69) is 5.32 Å². The lowest BCUT2D eigenvalue weighted by Gasteiger charge is -2.20. The number of para-hydroxylation sites is 2. The van der Waals surface area contributed by atoms with E-state index in [1.54, 1.807) is 23.1 Å². The molecule has 0 spiro atoms. The van der Waals surface area contributed by atoms with Gasteiger partial charge < -0.3 is 15.3 Å². The van der Waals surface area contributed by atoms with Gasteiger partial charge in [0.25, 0.3) is 0 Å². The van der Waals surface area contributed by atoms with Crippen LogP contribution in [0.4, 0.5) is 11.4 Å². The molecule has 3 rings (SSSR count). The van der Waals surface area contributed by atoms with Crippen molar-refractivity contribution < 1.29 is 14.7 Å². The molecule has 2 aromatic rings. The van der Waals surface area contributed by atoms with Crippen LogP contribution in [0.1, 0.15) is 30.9 Å². The third-order valence-corrected chi connectivity index (χ3v) is 4.11. The Balaban J connectivity index is 1.70. The van der Waals surface area contributed by atoms with Crippen molar-refractivity contribution in [1.82, 2.24) is 0 Å². The molecular formula is C19H20N2O3. The average molecular weight is 324 g/mol. The highest BCUT2D eigenvalue weighted by molar-refractivity contribution is 6.02. The molecule has 1 aliphatic heterocycles. The molecular weight excluding hydrogens is 304 g/mol. The second-order valence-electron chi connectivity index (χ2n) is 5.84. The number of aliphatic hydroxyl groups excluding tert-OH is 1. The Morgan fingerprint density at radius 2 is 1.83 bits per heavy atom. The lowest BCUT2D eigenvalue weighted by atomic mass is 10.1. The Morgan fingerprint density at radius 1 is 1.12 bits per heavy atom. The quantitative estimate of drug-likeness (QED) is 0.888. The van der Waals surface area contributed by atoms with Gasteiger partial charge in [0.2, 0.25) is 11.8 Å². The van der Waals surface area contributed by atoms with Gasteiger partial charge in [-0.15, -0.1) is 0 Å². The highest BCUT2D eigenvalue weighted by Crippen LogP contribution is 2.29. The summed E-state index contributed by atoms with van der Waals surface area (Å²) in [5.41, 5.74) is 2.01. The molecule has 5 heteroatoms. The molecule has 0 aromatic heterocycles. The first kappa shape index (κ1) is 16.2. The number of hydrogen-bond acceptors (Lipinski definition) is 3. The van der Waals surface area contributed by atoms with Crippen molar-refractivity contribution in [3.05, 3.63) is 60.2 Å². The van der Waals surface area contributed by atoms with Gasteiger partial charge in [0.1, 0.15) is 0 Å². The zero-order chi connectivity index (χ0) is 16.9. The van der Waals surface area contributed by atoms with Gasteiger partial charge in [0.15, 0.2) is 0 Å². The fourth-order valence-corrected chi connectivity index (χ4v) is 2.89. The van der Waals surface area contributed by atoms with Crippen LogP contribution in [0.3, 0.4) is 0 Å². The van der Waals surface area contributed by atoms with E-state index < -0.39 is 6.10 Å². The zero-order valence-corrected chi connectivity index (χ0v) is 13.3. The Morgan fingerprint density at radius 3 is 2.54 bits per heavy atom. The number of rotatable bonds is 5. The normalized spacial score (nSPS) is 15.4. The molecule has 24 heavy (non-hydrogen) atoms. The van der Waals surface area contributed by atoms with Gasteiger partial charge in [-0.3, -0.25) is 9.59 Å². The molecule has 1 saturated heterocycles. The molecule has 2 aromatic carbocycles. The second-order valence-corrected chi connectivity index (χ2v) is 5.84. The highest BCUT2D eigenvalue weighted by atomic mass is 16.3. The standard InChI is InChI=1S/C19H20N2O3/c22-17(14-7-2-1-3-8-14)13-18(23)20-15-9-4-5-10-16(15)21-12-6-11-19(21)24/h1-5,7-10,17,22H,6,11-13H2,(H,20,23). The number of nitrogens with one attached hydrogen (secondary N) is 1. The maximum Gasteiger partial charge on any atom is 0.227 e. The molecule has 0 radical (unpaired) electrons. The summed E-state index contributed by atoms with van der Waals surface area (Å²) in [6.45, 7) is 0.665. The molecule has 0 bridgehead atoms. The third kappa shape index (κ3) is 3.63. The molecule has 124 valence electrons. The van der Waals surface area contributed by atoms with Crippen molar-refractivity contribution in [2.75, 3.05) is 16.8 Å². The SMILES string of the molecule is O=C(CC(O)c1ccccc1)Nc1ccccc1N1CCCC1=O. The lowest BCUT2D eigenvalue weighted by molar-refractivity contribution is -0.118. The average Bonchev–Trinajstić information content (AvgIpc) is 3.02. The van der Waals surface area contributed by atoms with Gasteiger partial charge in [-0.1, -0.05) is 42.5 Å². The third-order valence-electron chi connectivity index (χ3n) is 4.11. The molecule has 1 aliphatic rings. The molecule has 1 fully saturated rings. The van der Waals surface area contributed by atoms with Crippen molar-refractivity contribution in [1.29, 1.82) is 0 Å². The van der Waals surface area contributed by atoms with Gasteiger partial charge in [-0.25, -0.2) is 0 Å². The van der Waals surface area contributed by atoms with Crippen LogP contribution in [0.15, 0.2) is 54.6 Å². The maximum atomic E-state index is 12.3. The van der Waals surface area contributed by atoms with E-state index in [1.165, 1.54) is 0 Å². The van der Waals surface area contributed by atoms with Gasteiger partial charge in [0.05, 0.1) is 23.9 Å². The zero-order valence-electron chi connectivity index (χ0n) is 13.3. The summed E-state index contributed by atoms with van der Waals surface area (Å²) in [6, 6.07) is 16.3. The minimum Gasteiger partial charge on any atom is -0.388 e. The second kappa shape index (κ2) is 7.27. The highest BCUT2D eigenvalue weighted by Gasteiger charge is 2.24. The van der Waals surface area contributed by atoms with Gasteiger partial charge in [0, 0.05) is 13.0 Å². The van der Waals surface area contributed by atoms with Crippen LogP contribution in [0.5, 0.6) is 0 Å². The van der Waals surface area contributed by atoms with E-state index in [0.717, 1.165) is 6.42 Å². The monoisotopic (exact) mass is 324 g/mol. The van der Waals surface area contributed by atoms with E-state index in [9.17, 15) is 14.7 Å². The van der Waals surface area contributed by atoms with Crippen molar-refractivity contribution in [3.63, 3.8) is 0 Å². The minimum absolute atomic E-state index is 0.0354. The van der Waals surface area contributed by atoms with Crippen LogP contribution in [-0.2, 0) is 9.59 Å². The molecule has 0 saturated carbocycles. The Hall–Kier alpha value is -2.66. The predicted molar refractivity (Wildman–Crippen MR) is 92.7 cm³/mol. The number of carbonyl (C=O) groups is 2. The largest absolute Gasteiger partial charge is 0.388 e. The Bertz CT molecular complexity index is 730. The molecule has 0 aliphatic carbocycles. The van der Waals surface area contributed by atoms with Crippen LogP contribution in [-0.4, -0.2) is 23.5 Å². The van der Waals surface area contributed by atoms with Gasteiger partial charge >= 0.3 is 0 Å². The number of nitrogens with zero attached hydrogens (tertiary/aromatic N) is 1. The number of benzene rings is 2. The van der Waals surface area contributed by atoms with Crippen LogP contribution in [0.2, 0.25) is 0 Å². The van der Waals surface area contributed by atoms with E-state index in [-0.39, 0.29) is 18.2 Å². The van der Waals surface area contributed by atoms with Crippen molar-refractivity contribution in [3.8, 4) is 0 Å². The van der Waals surface area contributed by atoms with E-state index in [4.69, 9.17) is 0 Å². The minimum atomic E-state index is -0.855. The lowest BCUT2D eigenvalue weighted by Crippen LogP contribution is -2.25. The summed E-state index contributed by atoms with van der Waals surface area (Å²) in [7, 11) is 0. The van der Waals surface area contributed by atoms with Crippen LogP contribution in [0, 0.1) is 0 Å². The van der Waals surface area contributed by atoms with Crippen LogP contribution in [0.25, 0.3) is 0 Å². The molecule has 1 atom stereocenters. The van der Waals surface area contributed by atoms with Crippen molar-refractivity contribution in [2.24, 2.45) is 0 Å². The fraction of sp³-hybridized carbons (Fsp3) is 0.263. The number of amides is 2. The molecule has 1 heterocycles. The molecule has 2 amide bonds. The molecule has 5 nitrogen and oxygen atoms in total. The predicted octanol–water partition coefficient (Wildman–Crippen LogP) is 2.88. The number of carbonyl (C=O) groups excluding carboxylic acids is 2. The summed E-state index contributed by atoms with van der Waals surface area (Å²) in [4.78, 5) is 25.9. The number of anilines is 2. The summed E-state index contributed by atoms with van der Waals surface area (Å²) in [5, 5.41) is 13.0. The van der Waals surface area contributed by atoms with Gasteiger partial charge in [-0.05, 0) is 24.1 Å². The van der Waals surface area contributed by atoms with Crippen molar-refractivity contribution >= 4 is 23.2 Å². The van der Waals surface area contributed by atoms with E-state index >= 15 is 0 Å². The maximum absolute atomic E-state index is 12.3. The smallest absolute Gasteiger partial charge is 0.227 e. The van der Waals surface area contributed by atoms with E-state index in [0.29, 0.717) is 29.9 Å². The molecule has 2 N–H and O–H groups in total.